The summed E-state index contributed by atoms with van der Waals surface area (Å²) >= 11 is 8.31. The maximum Gasteiger partial charge on any atom is 0.0741 e. The monoisotopic (exact) mass is 328 g/mol. The number of anilines is 1. The van der Waals surface area contributed by atoms with Gasteiger partial charge in [0.25, 0.3) is 0 Å². The summed E-state index contributed by atoms with van der Waals surface area (Å²) in [6.45, 7) is 1.94. The van der Waals surface area contributed by atoms with E-state index >= 15 is 0 Å². The highest BCUT2D eigenvalue weighted by molar-refractivity contribution is 7.99. The van der Waals surface area contributed by atoms with Gasteiger partial charge in [-0.2, -0.15) is 11.8 Å². The van der Waals surface area contributed by atoms with Crippen molar-refractivity contribution in [2.45, 2.75) is 6.04 Å². The van der Waals surface area contributed by atoms with E-state index in [9.17, 15) is 0 Å². The number of thioether (sulfide) groups is 1. The first-order valence-corrected chi connectivity index (χ1v) is 9.10. The first-order chi connectivity index (χ1) is 10.8. The fourth-order valence-corrected chi connectivity index (χ4v) is 4.42. The quantitative estimate of drug-likeness (QED) is 0.782. The fraction of sp³-hybridized carbons (Fsp3) is 0.278. The predicted octanol–water partition coefficient (Wildman–Crippen LogP) is 4.11. The highest BCUT2D eigenvalue weighted by Gasteiger charge is 2.28. The third-order valence-electron chi connectivity index (χ3n) is 4.26. The van der Waals surface area contributed by atoms with Gasteiger partial charge >= 0.3 is 0 Å². The summed E-state index contributed by atoms with van der Waals surface area (Å²) in [6, 6.07) is 17.1. The smallest absolute Gasteiger partial charge is 0.0741 e. The number of halogens is 1. The van der Waals surface area contributed by atoms with Crippen molar-refractivity contribution in [3.8, 4) is 0 Å². The Bertz CT molecular complexity index is 714. The van der Waals surface area contributed by atoms with Crippen molar-refractivity contribution in [1.29, 1.82) is 0 Å². The fourth-order valence-electron chi connectivity index (χ4n) is 3.20. The molecule has 112 valence electrons. The first-order valence-electron chi connectivity index (χ1n) is 7.57. The van der Waals surface area contributed by atoms with E-state index in [1.807, 2.05) is 23.9 Å². The number of nitrogens with zero attached hydrogens (tertiary/aromatic N) is 2. The molecular weight excluding hydrogens is 312 g/mol. The number of rotatable bonds is 1. The van der Waals surface area contributed by atoms with Crippen LogP contribution in [0.5, 0.6) is 0 Å². The maximum atomic E-state index is 6.28. The van der Waals surface area contributed by atoms with Crippen LogP contribution in [0.15, 0.2) is 53.5 Å². The standard InChI is InChI=1S/C18H17ClN2S/c19-14-6-7-17-16(10-14)18(13-4-2-1-3-5-13)20-11-15-12-22-9-8-21(15)17/h1-7,10,15H,8-9,11-12H2. The van der Waals surface area contributed by atoms with Gasteiger partial charge in [0.15, 0.2) is 0 Å². The van der Waals surface area contributed by atoms with Crippen molar-refractivity contribution in [3.63, 3.8) is 0 Å². The van der Waals surface area contributed by atoms with Gasteiger partial charge in [0.2, 0.25) is 0 Å². The minimum absolute atomic E-state index is 0.486. The van der Waals surface area contributed by atoms with E-state index in [0.29, 0.717) is 6.04 Å². The number of benzene rings is 2. The van der Waals surface area contributed by atoms with E-state index in [2.05, 4.69) is 41.3 Å². The Labute approximate surface area is 140 Å². The maximum absolute atomic E-state index is 6.28. The molecule has 0 N–H and O–H groups in total. The van der Waals surface area contributed by atoms with Gasteiger partial charge in [0, 0.05) is 39.9 Å². The number of hydrogen-bond donors (Lipinski definition) is 0. The minimum atomic E-state index is 0.486. The number of aliphatic imine (C=N–C) groups is 1. The number of fused-ring (bicyclic) bond motifs is 3. The van der Waals surface area contributed by atoms with Crippen LogP contribution in [-0.2, 0) is 0 Å². The van der Waals surface area contributed by atoms with Gasteiger partial charge in [-0.25, -0.2) is 0 Å². The predicted molar refractivity (Wildman–Crippen MR) is 96.9 cm³/mol. The highest BCUT2D eigenvalue weighted by Crippen LogP contribution is 2.33. The molecule has 1 fully saturated rings. The van der Waals surface area contributed by atoms with Gasteiger partial charge in [-0.05, 0) is 18.2 Å². The van der Waals surface area contributed by atoms with Crippen molar-refractivity contribution >= 4 is 34.8 Å². The molecule has 2 aromatic carbocycles. The Balaban J connectivity index is 1.88. The molecule has 2 nitrogen and oxygen atoms in total. The molecule has 0 spiro atoms. The van der Waals surface area contributed by atoms with Crippen LogP contribution < -0.4 is 4.90 Å². The lowest BCUT2D eigenvalue weighted by Gasteiger charge is -2.36. The second-order valence-electron chi connectivity index (χ2n) is 5.64. The van der Waals surface area contributed by atoms with Gasteiger partial charge < -0.3 is 4.90 Å². The van der Waals surface area contributed by atoms with E-state index < -0.39 is 0 Å². The first kappa shape index (κ1) is 14.2. The minimum Gasteiger partial charge on any atom is -0.364 e. The van der Waals surface area contributed by atoms with Gasteiger partial charge in [0.05, 0.1) is 18.3 Å². The Kier molecular flexibility index (Phi) is 3.85. The van der Waals surface area contributed by atoms with Crippen molar-refractivity contribution in [3.05, 3.63) is 64.7 Å². The summed E-state index contributed by atoms with van der Waals surface area (Å²) in [5, 5.41) is 0.771. The van der Waals surface area contributed by atoms with E-state index in [4.69, 9.17) is 16.6 Å². The average Bonchev–Trinajstić information content (AvgIpc) is 2.72. The van der Waals surface area contributed by atoms with Gasteiger partial charge in [-0.1, -0.05) is 41.9 Å². The second-order valence-corrected chi connectivity index (χ2v) is 7.23. The molecule has 2 heterocycles. The lowest BCUT2D eigenvalue weighted by molar-refractivity contribution is 0.661. The van der Waals surface area contributed by atoms with Crippen molar-refractivity contribution in [2.24, 2.45) is 4.99 Å². The Hall–Kier alpha value is -1.45. The third kappa shape index (κ3) is 2.53. The lowest BCUT2D eigenvalue weighted by atomic mass is 10.00. The van der Waals surface area contributed by atoms with E-state index in [0.717, 1.165) is 35.1 Å². The van der Waals surface area contributed by atoms with Gasteiger partial charge in [0.1, 0.15) is 0 Å². The molecule has 0 aliphatic carbocycles. The van der Waals surface area contributed by atoms with Crippen LogP contribution in [0.25, 0.3) is 0 Å². The molecule has 1 unspecified atom stereocenters. The van der Waals surface area contributed by atoms with Crippen LogP contribution >= 0.6 is 23.4 Å². The molecule has 2 aliphatic rings. The third-order valence-corrected chi connectivity index (χ3v) is 5.58. The normalized spacial score (nSPS) is 20.7. The van der Waals surface area contributed by atoms with Crippen LogP contribution in [0.2, 0.25) is 5.02 Å². The van der Waals surface area contributed by atoms with E-state index in [1.54, 1.807) is 0 Å². The van der Waals surface area contributed by atoms with Crippen molar-refractivity contribution < 1.29 is 0 Å². The molecule has 2 aliphatic heterocycles. The van der Waals surface area contributed by atoms with Crippen molar-refractivity contribution in [1.82, 2.24) is 0 Å². The zero-order valence-corrected chi connectivity index (χ0v) is 13.8. The summed E-state index contributed by atoms with van der Waals surface area (Å²) in [4.78, 5) is 7.48. The molecule has 0 amide bonds. The molecule has 0 radical (unpaired) electrons. The molecule has 0 saturated carbocycles. The molecule has 1 saturated heterocycles. The SMILES string of the molecule is Clc1ccc2c(c1)C(c1ccccc1)=NCC1CSCCN21. The van der Waals surface area contributed by atoms with Crippen LogP contribution in [-0.4, -0.2) is 36.3 Å². The molecule has 4 rings (SSSR count). The largest absolute Gasteiger partial charge is 0.364 e. The molecule has 0 aromatic heterocycles. The Morgan fingerprint density at radius 1 is 1.14 bits per heavy atom. The van der Waals surface area contributed by atoms with Crippen LogP contribution in [0.4, 0.5) is 5.69 Å². The molecule has 0 bridgehead atoms. The average molecular weight is 329 g/mol. The molecule has 2 aromatic rings. The lowest BCUT2D eigenvalue weighted by Crippen LogP contribution is -2.44. The topological polar surface area (TPSA) is 15.6 Å². The highest BCUT2D eigenvalue weighted by atomic mass is 35.5. The Morgan fingerprint density at radius 2 is 2.00 bits per heavy atom. The van der Waals surface area contributed by atoms with E-state index in [1.165, 1.54) is 17.0 Å². The molecule has 4 heteroatoms. The summed E-state index contributed by atoms with van der Waals surface area (Å²) in [7, 11) is 0. The molecule has 22 heavy (non-hydrogen) atoms. The Morgan fingerprint density at radius 3 is 2.86 bits per heavy atom. The van der Waals surface area contributed by atoms with E-state index in [-0.39, 0.29) is 0 Å². The summed E-state index contributed by atoms with van der Waals surface area (Å²) in [6.07, 6.45) is 0. The molecular formula is C18H17ClN2S. The molecule has 1 atom stereocenters. The second kappa shape index (κ2) is 5.98. The van der Waals surface area contributed by atoms with Crippen LogP contribution in [0.3, 0.4) is 0 Å². The zero-order chi connectivity index (χ0) is 14.9. The number of hydrogen-bond acceptors (Lipinski definition) is 3. The van der Waals surface area contributed by atoms with Crippen LogP contribution in [0.1, 0.15) is 11.1 Å². The zero-order valence-electron chi connectivity index (χ0n) is 12.2. The summed E-state index contributed by atoms with van der Waals surface area (Å²) in [5.74, 6) is 2.33. The summed E-state index contributed by atoms with van der Waals surface area (Å²) in [5.41, 5.74) is 4.67. The van der Waals surface area contributed by atoms with Crippen LogP contribution in [0, 0.1) is 0 Å². The van der Waals surface area contributed by atoms with Gasteiger partial charge in [-0.15, -0.1) is 0 Å². The summed E-state index contributed by atoms with van der Waals surface area (Å²) < 4.78 is 0. The van der Waals surface area contributed by atoms with Gasteiger partial charge in [-0.3, -0.25) is 4.99 Å². The van der Waals surface area contributed by atoms with Crippen molar-refractivity contribution in [2.75, 3.05) is 29.5 Å².